The van der Waals surface area contributed by atoms with Gasteiger partial charge in [0.1, 0.15) is 0 Å². The van der Waals surface area contributed by atoms with Crippen LogP contribution in [0.15, 0.2) is 12.1 Å². The summed E-state index contributed by atoms with van der Waals surface area (Å²) in [7, 11) is 0. The van der Waals surface area contributed by atoms with Gasteiger partial charge in [0, 0.05) is 5.88 Å². The van der Waals surface area contributed by atoms with Crippen molar-refractivity contribution < 1.29 is 26.3 Å². The summed E-state index contributed by atoms with van der Waals surface area (Å²) >= 11 is 5.22. The highest BCUT2D eigenvalue weighted by molar-refractivity contribution is 6.17. The number of aryl methyl sites for hydroxylation is 1. The molecule has 0 radical (unpaired) electrons. The number of halogens is 7. The maximum absolute atomic E-state index is 12.6. The van der Waals surface area contributed by atoms with Crippen LogP contribution < -0.4 is 0 Å². The summed E-state index contributed by atoms with van der Waals surface area (Å²) in [5.74, 6) is -0.842. The maximum Gasteiger partial charge on any atom is 0.416 e. The predicted molar refractivity (Wildman–Crippen MR) is 50.7 cm³/mol. The first kappa shape index (κ1) is 14.2. The molecule has 17 heavy (non-hydrogen) atoms. The molecule has 0 bridgehead atoms. The van der Waals surface area contributed by atoms with Crippen LogP contribution in [0.4, 0.5) is 26.3 Å². The van der Waals surface area contributed by atoms with Gasteiger partial charge in [-0.05, 0) is 24.1 Å². The normalized spacial score (nSPS) is 12.9. The first-order chi connectivity index (χ1) is 7.59. The largest absolute Gasteiger partial charge is 0.416 e. The maximum atomic E-state index is 12.6. The van der Waals surface area contributed by atoms with Crippen molar-refractivity contribution in [1.82, 2.24) is 0 Å². The van der Waals surface area contributed by atoms with Gasteiger partial charge in [0.2, 0.25) is 0 Å². The molecule has 0 saturated carbocycles. The topological polar surface area (TPSA) is 0 Å². The Morgan fingerprint density at radius 2 is 1.53 bits per heavy atom. The molecule has 0 aliphatic rings. The summed E-state index contributed by atoms with van der Waals surface area (Å²) in [5, 5.41) is 0. The van der Waals surface area contributed by atoms with Gasteiger partial charge in [-0.2, -0.15) is 26.3 Å². The zero-order valence-corrected chi connectivity index (χ0v) is 9.26. The van der Waals surface area contributed by atoms with E-state index in [1.807, 2.05) is 0 Å². The quantitative estimate of drug-likeness (QED) is 0.512. The molecule has 0 saturated heterocycles. The van der Waals surface area contributed by atoms with Crippen molar-refractivity contribution in [2.24, 2.45) is 0 Å². The Kier molecular flexibility index (Phi) is 3.66. The molecule has 0 amide bonds. The molecule has 1 rings (SSSR count). The molecule has 0 aliphatic heterocycles. The van der Waals surface area contributed by atoms with Crippen LogP contribution >= 0.6 is 11.6 Å². The lowest BCUT2D eigenvalue weighted by molar-refractivity contribution is -0.144. The number of hydrogen-bond donors (Lipinski definition) is 0. The van der Waals surface area contributed by atoms with Gasteiger partial charge in [0.15, 0.2) is 0 Å². The zero-order valence-electron chi connectivity index (χ0n) is 8.51. The molecule has 0 aromatic heterocycles. The molecule has 0 aliphatic carbocycles. The Morgan fingerprint density at radius 1 is 1.00 bits per heavy atom. The molecule has 0 nitrogen and oxygen atoms in total. The molecule has 7 heteroatoms. The second-order valence-electron chi connectivity index (χ2n) is 3.41. The van der Waals surface area contributed by atoms with E-state index in [-0.39, 0.29) is 5.56 Å². The van der Waals surface area contributed by atoms with Crippen LogP contribution in [-0.2, 0) is 18.2 Å². The Labute approximate surface area is 98.2 Å². The molecule has 0 atom stereocenters. The number of alkyl halides is 7. The fraction of sp³-hybridized carbons (Fsp3) is 0.400. The van der Waals surface area contributed by atoms with Crippen LogP contribution in [0.5, 0.6) is 0 Å². The van der Waals surface area contributed by atoms with Crippen LogP contribution in [0.1, 0.15) is 22.3 Å². The van der Waals surface area contributed by atoms with Gasteiger partial charge in [-0.25, -0.2) is 0 Å². The van der Waals surface area contributed by atoms with Crippen molar-refractivity contribution in [1.29, 1.82) is 0 Å². The fourth-order valence-electron chi connectivity index (χ4n) is 1.56. The van der Waals surface area contributed by atoms with Gasteiger partial charge in [0.25, 0.3) is 0 Å². The standard InChI is InChI=1S/C10H7ClF6/c1-5-2-3-7(9(12,13)14)6(4-11)8(5)10(15,16)17/h2-3H,4H2,1H3. The molecular formula is C10H7ClF6. The van der Waals surface area contributed by atoms with Crippen LogP contribution in [0, 0.1) is 6.92 Å². The van der Waals surface area contributed by atoms with E-state index in [1.54, 1.807) is 0 Å². The second-order valence-corrected chi connectivity index (χ2v) is 3.68. The van der Waals surface area contributed by atoms with Crippen molar-refractivity contribution in [2.45, 2.75) is 25.2 Å². The van der Waals surface area contributed by atoms with Crippen molar-refractivity contribution in [3.63, 3.8) is 0 Å². The van der Waals surface area contributed by atoms with Crippen molar-refractivity contribution >= 4 is 11.6 Å². The molecule has 0 spiro atoms. The summed E-state index contributed by atoms with van der Waals surface area (Å²) in [4.78, 5) is 0. The summed E-state index contributed by atoms with van der Waals surface area (Å²) in [6, 6.07) is 1.41. The Balaban J connectivity index is 3.60. The van der Waals surface area contributed by atoms with Gasteiger partial charge in [0.05, 0.1) is 11.1 Å². The average Bonchev–Trinajstić information content (AvgIpc) is 2.12. The van der Waals surface area contributed by atoms with E-state index < -0.39 is 34.9 Å². The van der Waals surface area contributed by atoms with Gasteiger partial charge in [-0.1, -0.05) is 6.07 Å². The smallest absolute Gasteiger partial charge is 0.166 e. The third-order valence-electron chi connectivity index (χ3n) is 2.24. The van der Waals surface area contributed by atoms with Crippen LogP contribution in [-0.4, -0.2) is 0 Å². The van der Waals surface area contributed by atoms with Crippen LogP contribution in [0.25, 0.3) is 0 Å². The summed E-state index contributed by atoms with van der Waals surface area (Å²) in [6.45, 7) is 1.10. The Morgan fingerprint density at radius 3 is 1.88 bits per heavy atom. The summed E-state index contributed by atoms with van der Waals surface area (Å²) in [6.07, 6.45) is -9.70. The second kappa shape index (κ2) is 4.40. The molecule has 0 fully saturated rings. The number of benzene rings is 1. The van der Waals surface area contributed by atoms with Gasteiger partial charge >= 0.3 is 12.4 Å². The first-order valence-electron chi connectivity index (χ1n) is 4.42. The highest BCUT2D eigenvalue weighted by Crippen LogP contribution is 2.41. The molecule has 0 N–H and O–H groups in total. The third kappa shape index (κ3) is 2.86. The Bertz CT molecular complexity index is 418. The third-order valence-corrected chi connectivity index (χ3v) is 2.51. The monoisotopic (exact) mass is 276 g/mol. The van der Waals surface area contributed by atoms with Crippen LogP contribution in [0.3, 0.4) is 0 Å². The van der Waals surface area contributed by atoms with Gasteiger partial charge in [-0.3, -0.25) is 0 Å². The number of hydrogen-bond acceptors (Lipinski definition) is 0. The van der Waals surface area contributed by atoms with Crippen molar-refractivity contribution in [2.75, 3.05) is 0 Å². The molecule has 0 heterocycles. The molecule has 0 unspecified atom stereocenters. The van der Waals surface area contributed by atoms with Gasteiger partial charge in [-0.15, -0.1) is 11.6 Å². The van der Waals surface area contributed by atoms with Gasteiger partial charge < -0.3 is 0 Å². The average molecular weight is 277 g/mol. The van der Waals surface area contributed by atoms with E-state index in [0.717, 1.165) is 13.0 Å². The first-order valence-corrected chi connectivity index (χ1v) is 4.95. The van der Waals surface area contributed by atoms with E-state index in [9.17, 15) is 26.3 Å². The van der Waals surface area contributed by atoms with E-state index in [1.165, 1.54) is 0 Å². The SMILES string of the molecule is Cc1ccc(C(F)(F)F)c(CCl)c1C(F)(F)F. The van der Waals surface area contributed by atoms with Crippen molar-refractivity contribution in [3.05, 3.63) is 34.4 Å². The zero-order chi connectivity index (χ0) is 13.4. The van der Waals surface area contributed by atoms with E-state index >= 15 is 0 Å². The lowest BCUT2D eigenvalue weighted by Crippen LogP contribution is -2.17. The Hall–Kier alpha value is -0.910. The highest BCUT2D eigenvalue weighted by atomic mass is 35.5. The summed E-state index contributed by atoms with van der Waals surface area (Å²) in [5.41, 5.74) is -3.85. The van der Waals surface area contributed by atoms with Crippen molar-refractivity contribution in [3.8, 4) is 0 Å². The number of rotatable bonds is 1. The minimum atomic E-state index is -4.85. The predicted octanol–water partition coefficient (Wildman–Crippen LogP) is 4.77. The van der Waals surface area contributed by atoms with E-state index in [2.05, 4.69) is 0 Å². The van der Waals surface area contributed by atoms with Crippen LogP contribution in [0.2, 0.25) is 0 Å². The molecular weight excluding hydrogens is 270 g/mol. The lowest BCUT2D eigenvalue weighted by Gasteiger charge is -2.19. The highest BCUT2D eigenvalue weighted by Gasteiger charge is 2.41. The van der Waals surface area contributed by atoms with E-state index in [4.69, 9.17) is 11.6 Å². The lowest BCUT2D eigenvalue weighted by atomic mass is 9.97. The molecule has 96 valence electrons. The summed E-state index contributed by atoms with van der Waals surface area (Å²) < 4.78 is 75.4. The minimum Gasteiger partial charge on any atom is -0.166 e. The molecule has 1 aromatic rings. The minimum absolute atomic E-state index is 0.277. The van der Waals surface area contributed by atoms with E-state index in [0.29, 0.717) is 6.07 Å². The fourth-order valence-corrected chi connectivity index (χ4v) is 1.84. The molecule has 1 aromatic carbocycles.